The smallest absolute Gasteiger partial charge is 0.132 e. The first-order chi connectivity index (χ1) is 33.4. The van der Waals surface area contributed by atoms with Crippen LogP contribution in [0.4, 0.5) is 10.0 Å². The van der Waals surface area contributed by atoms with Gasteiger partial charge in [0.05, 0.1) is 63.6 Å². The topological polar surface area (TPSA) is 88.8 Å². The van der Waals surface area contributed by atoms with Crippen LogP contribution in [0.2, 0.25) is 0 Å². The molecule has 0 amide bonds. The monoisotopic (exact) mass is 1050 g/mol. The Morgan fingerprint density at radius 2 is 1.00 bits per heavy atom. The first-order valence-corrected chi connectivity index (χ1v) is 30.6. The molecular formula is C51H55N9S8. The number of thiophene rings is 6. The Hall–Kier alpha value is -3.94. The predicted molar refractivity (Wildman–Crippen MR) is 305 cm³/mol. The van der Waals surface area contributed by atoms with Crippen LogP contribution in [0.15, 0.2) is 48.8 Å². The lowest BCUT2D eigenvalue weighted by Crippen LogP contribution is -2.24. The molecule has 68 heavy (non-hydrogen) atoms. The van der Waals surface area contributed by atoms with Gasteiger partial charge in [-0.25, -0.2) is 0 Å². The van der Waals surface area contributed by atoms with E-state index in [0.29, 0.717) is 5.92 Å². The van der Waals surface area contributed by atoms with Crippen molar-refractivity contribution >= 4 is 163 Å². The average Bonchev–Trinajstić information content (AvgIpc) is 4.19. The van der Waals surface area contributed by atoms with Crippen molar-refractivity contribution < 1.29 is 0 Å². The van der Waals surface area contributed by atoms with Gasteiger partial charge in [-0.05, 0) is 68.0 Å². The Morgan fingerprint density at radius 3 is 1.51 bits per heavy atom. The van der Waals surface area contributed by atoms with Crippen molar-refractivity contribution in [3.8, 4) is 42.0 Å². The van der Waals surface area contributed by atoms with E-state index in [2.05, 4.69) is 98.6 Å². The molecule has 0 aliphatic rings. The third kappa shape index (κ3) is 8.60. The fourth-order valence-corrected chi connectivity index (χ4v) is 17.7. The van der Waals surface area contributed by atoms with Crippen LogP contribution < -0.4 is 9.80 Å². The summed E-state index contributed by atoms with van der Waals surface area (Å²) in [6, 6.07) is 14.2. The van der Waals surface area contributed by atoms with Crippen molar-refractivity contribution in [3.05, 3.63) is 48.8 Å². The van der Waals surface area contributed by atoms with Gasteiger partial charge < -0.3 is 14.4 Å². The minimum absolute atomic E-state index is 0.590. The Bertz CT molecular complexity index is 3440. The number of anilines is 2. The van der Waals surface area contributed by atoms with Crippen LogP contribution in [0.3, 0.4) is 0 Å². The Labute approximate surface area is 429 Å². The van der Waals surface area contributed by atoms with Crippen LogP contribution in [-0.2, 0) is 6.54 Å². The molecule has 0 aliphatic carbocycles. The molecule has 11 heterocycles. The number of fused-ring (bicyclic) bond motifs is 7. The standard InChI is InChI=1S/C51H55N9S8/c1-7-12-16-29(11-5)28-60-32-20-34(30-26-52-46(48-44(30)54-67-56-48)40-22-36-38(61-40)24-42(63-36)58(6)17-13-8-2)65-50(32)51-33(60)21-35(66-51)31-27-53-47(49-45(31)55-68-57-49)41-23-37-39(62-41)25-43(64-37)59(18-14-9-3)19-15-10-4/h20-27,29H,7-19,28H2,1-6H3. The highest BCUT2D eigenvalue weighted by molar-refractivity contribution is 7.32. The lowest BCUT2D eigenvalue weighted by Gasteiger charge is -2.22. The van der Waals surface area contributed by atoms with E-state index in [1.54, 1.807) is 0 Å². The summed E-state index contributed by atoms with van der Waals surface area (Å²) in [5.41, 5.74) is 10.2. The first kappa shape index (κ1) is 46.4. The van der Waals surface area contributed by atoms with Gasteiger partial charge in [0.15, 0.2) is 0 Å². The lowest BCUT2D eigenvalue weighted by molar-refractivity contribution is 0.401. The number of aromatic nitrogens is 7. The molecule has 0 aliphatic heterocycles. The molecule has 1 atom stereocenters. The van der Waals surface area contributed by atoms with E-state index in [1.165, 1.54) is 140 Å². The van der Waals surface area contributed by atoms with Crippen molar-refractivity contribution in [2.75, 3.05) is 36.5 Å². The van der Waals surface area contributed by atoms with Gasteiger partial charge >= 0.3 is 0 Å². The number of hydrogen-bond donors (Lipinski definition) is 0. The van der Waals surface area contributed by atoms with Crippen LogP contribution >= 0.6 is 91.5 Å². The molecule has 0 aromatic carbocycles. The Kier molecular flexibility index (Phi) is 13.7. The fraction of sp³-hybridized carbons (Fsp3) is 0.412. The minimum atomic E-state index is 0.590. The summed E-state index contributed by atoms with van der Waals surface area (Å²) in [6.45, 7) is 15.8. The molecule has 11 rings (SSSR count). The predicted octanol–water partition coefficient (Wildman–Crippen LogP) is 17.8. The Balaban J connectivity index is 0.948. The second kappa shape index (κ2) is 20.1. The average molecular weight is 1050 g/mol. The first-order valence-electron chi connectivity index (χ1n) is 24.2. The molecule has 0 radical (unpaired) electrons. The van der Waals surface area contributed by atoms with Crippen LogP contribution in [-0.4, -0.2) is 58.7 Å². The molecule has 0 saturated heterocycles. The van der Waals surface area contributed by atoms with E-state index in [1.807, 2.05) is 74.2 Å². The van der Waals surface area contributed by atoms with E-state index >= 15 is 0 Å². The van der Waals surface area contributed by atoms with Gasteiger partial charge in [0, 0.05) is 85.3 Å². The molecule has 0 bridgehead atoms. The van der Waals surface area contributed by atoms with Crippen LogP contribution in [0.1, 0.15) is 98.8 Å². The van der Waals surface area contributed by atoms with Gasteiger partial charge in [0.1, 0.15) is 33.5 Å². The molecule has 0 N–H and O–H groups in total. The highest BCUT2D eigenvalue weighted by Crippen LogP contribution is 2.50. The van der Waals surface area contributed by atoms with Gasteiger partial charge in [-0.1, -0.05) is 73.1 Å². The number of rotatable bonds is 21. The maximum absolute atomic E-state index is 5.19. The third-order valence-electron chi connectivity index (χ3n) is 13.3. The summed E-state index contributed by atoms with van der Waals surface area (Å²) in [5.74, 6) is 0.590. The summed E-state index contributed by atoms with van der Waals surface area (Å²) >= 11 is 13.7. The summed E-state index contributed by atoms with van der Waals surface area (Å²) in [4.78, 5) is 20.0. The van der Waals surface area contributed by atoms with Crippen molar-refractivity contribution in [2.24, 2.45) is 5.92 Å². The van der Waals surface area contributed by atoms with E-state index in [4.69, 9.17) is 27.5 Å². The molecule has 17 heteroatoms. The summed E-state index contributed by atoms with van der Waals surface area (Å²) in [7, 11) is 2.20. The van der Waals surface area contributed by atoms with Crippen LogP contribution in [0.25, 0.3) is 103 Å². The fourth-order valence-electron chi connectivity index (χ4n) is 9.28. The van der Waals surface area contributed by atoms with Gasteiger partial charge in [-0.3, -0.25) is 9.97 Å². The number of hydrogen-bond acceptors (Lipinski definition) is 16. The molecule has 11 aromatic heterocycles. The summed E-state index contributed by atoms with van der Waals surface area (Å²) < 4.78 is 30.2. The zero-order valence-electron chi connectivity index (χ0n) is 39.4. The SMILES string of the molecule is CCCCC(CC)Cn1c2cc(-c3cnc(-c4cc5sc(N(C)CCCC)cc5s4)c4nsnc34)sc2c2sc(-c3cnc(-c4cc5sc(N(CCCC)CCCC)cc5s4)c4nsnc34)cc21. The lowest BCUT2D eigenvalue weighted by atomic mass is 9.99. The van der Waals surface area contributed by atoms with Crippen LogP contribution in [0.5, 0.6) is 0 Å². The molecule has 9 nitrogen and oxygen atoms in total. The number of unbranched alkanes of at least 4 members (excludes halogenated alkanes) is 4. The van der Waals surface area contributed by atoms with Gasteiger partial charge in [-0.2, -0.15) is 17.5 Å². The van der Waals surface area contributed by atoms with E-state index in [-0.39, 0.29) is 0 Å². The van der Waals surface area contributed by atoms with Gasteiger partial charge in [0.25, 0.3) is 0 Å². The van der Waals surface area contributed by atoms with E-state index < -0.39 is 0 Å². The largest absolute Gasteiger partial charge is 0.366 e. The maximum Gasteiger partial charge on any atom is 0.132 e. The van der Waals surface area contributed by atoms with Gasteiger partial charge in [-0.15, -0.1) is 68.0 Å². The summed E-state index contributed by atoms with van der Waals surface area (Å²) in [5, 5.41) is 2.71. The Morgan fingerprint density at radius 1 is 0.515 bits per heavy atom. The van der Waals surface area contributed by atoms with Crippen molar-refractivity contribution in [3.63, 3.8) is 0 Å². The molecule has 0 saturated carbocycles. The molecular weight excluding hydrogens is 995 g/mol. The minimum Gasteiger partial charge on any atom is -0.366 e. The second-order valence-corrected chi connectivity index (χ2v) is 25.4. The quantitative estimate of drug-likeness (QED) is 0.0703. The highest BCUT2D eigenvalue weighted by atomic mass is 32.1. The van der Waals surface area contributed by atoms with Crippen molar-refractivity contribution in [2.45, 2.75) is 105 Å². The van der Waals surface area contributed by atoms with Crippen molar-refractivity contribution in [1.82, 2.24) is 32.0 Å². The van der Waals surface area contributed by atoms with E-state index in [9.17, 15) is 0 Å². The zero-order chi connectivity index (χ0) is 46.5. The maximum atomic E-state index is 5.19. The van der Waals surface area contributed by atoms with E-state index in [0.717, 1.165) is 86.9 Å². The van der Waals surface area contributed by atoms with Crippen LogP contribution in [0, 0.1) is 5.92 Å². The molecule has 0 spiro atoms. The molecule has 1 unspecified atom stereocenters. The molecule has 0 fully saturated rings. The second-order valence-electron chi connectivity index (χ2n) is 18.0. The van der Waals surface area contributed by atoms with Crippen molar-refractivity contribution in [1.29, 1.82) is 0 Å². The third-order valence-corrected chi connectivity index (χ3v) is 21.6. The normalized spacial score (nSPS) is 12.7. The summed E-state index contributed by atoms with van der Waals surface area (Å²) in [6.07, 6.45) is 16.2. The number of pyridine rings is 2. The zero-order valence-corrected chi connectivity index (χ0v) is 45.9. The van der Waals surface area contributed by atoms with Gasteiger partial charge in [0.2, 0.25) is 0 Å². The number of nitrogens with zero attached hydrogens (tertiary/aromatic N) is 9. The molecule has 352 valence electrons. The molecule has 11 aromatic rings. The highest BCUT2D eigenvalue weighted by Gasteiger charge is 2.26.